The Morgan fingerprint density at radius 3 is 2.70 bits per heavy atom. The van der Waals surface area contributed by atoms with E-state index in [0.717, 1.165) is 16.9 Å². The maximum Gasteiger partial charge on any atom is 0.173 e. The molecule has 1 aromatic carbocycles. The summed E-state index contributed by atoms with van der Waals surface area (Å²) in [5.74, 6) is 1.00. The van der Waals surface area contributed by atoms with Crippen LogP contribution in [-0.2, 0) is 0 Å². The standard InChI is InChI=1S/C16H15ClFN5/c1-10-4-12(13(17)5-14(10)18)11-6-20-23(9-11)16-8-19-7-15(21-16)22(2)3/h4-9H,1-3H3. The number of benzene rings is 1. The number of hydrogen-bond donors (Lipinski definition) is 0. The predicted molar refractivity (Wildman–Crippen MR) is 88.6 cm³/mol. The highest BCUT2D eigenvalue weighted by Gasteiger charge is 2.11. The van der Waals surface area contributed by atoms with Crippen molar-refractivity contribution in [1.29, 1.82) is 0 Å². The molecule has 0 unspecified atom stereocenters. The third-order valence-corrected chi connectivity index (χ3v) is 3.76. The fourth-order valence-corrected chi connectivity index (χ4v) is 2.40. The molecule has 118 valence electrons. The monoisotopic (exact) mass is 331 g/mol. The number of anilines is 1. The molecule has 0 aliphatic rings. The lowest BCUT2D eigenvalue weighted by Gasteiger charge is -2.11. The van der Waals surface area contributed by atoms with Crippen LogP contribution >= 0.6 is 11.6 Å². The summed E-state index contributed by atoms with van der Waals surface area (Å²) < 4.78 is 15.2. The summed E-state index contributed by atoms with van der Waals surface area (Å²) in [7, 11) is 3.78. The van der Waals surface area contributed by atoms with Gasteiger partial charge in [-0.3, -0.25) is 4.98 Å². The molecular formula is C16H15ClFN5. The van der Waals surface area contributed by atoms with Gasteiger partial charge in [-0.25, -0.2) is 14.1 Å². The number of rotatable bonds is 3. The second kappa shape index (κ2) is 5.96. The minimum Gasteiger partial charge on any atom is -0.361 e. The van der Waals surface area contributed by atoms with E-state index in [1.165, 1.54) is 6.07 Å². The summed E-state index contributed by atoms with van der Waals surface area (Å²) in [5, 5.41) is 4.65. The molecule has 5 nitrogen and oxygen atoms in total. The average molecular weight is 332 g/mol. The van der Waals surface area contributed by atoms with Gasteiger partial charge in [-0.2, -0.15) is 5.10 Å². The van der Waals surface area contributed by atoms with E-state index in [0.29, 0.717) is 16.4 Å². The Balaban J connectivity index is 2.01. The molecule has 0 bridgehead atoms. The first-order valence-corrected chi connectivity index (χ1v) is 7.34. The Morgan fingerprint density at radius 2 is 1.96 bits per heavy atom. The van der Waals surface area contributed by atoms with Gasteiger partial charge >= 0.3 is 0 Å². The molecule has 2 aromatic heterocycles. The smallest absolute Gasteiger partial charge is 0.173 e. The molecule has 7 heteroatoms. The molecule has 2 heterocycles. The summed E-state index contributed by atoms with van der Waals surface area (Å²) in [6.45, 7) is 1.70. The Labute approximate surface area is 138 Å². The lowest BCUT2D eigenvalue weighted by Crippen LogP contribution is -2.12. The average Bonchev–Trinajstić information content (AvgIpc) is 3.00. The van der Waals surface area contributed by atoms with Crippen LogP contribution in [0.4, 0.5) is 10.2 Å². The van der Waals surface area contributed by atoms with Gasteiger partial charge in [-0.05, 0) is 24.6 Å². The van der Waals surface area contributed by atoms with E-state index >= 15 is 0 Å². The highest BCUT2D eigenvalue weighted by atomic mass is 35.5. The zero-order valence-electron chi connectivity index (χ0n) is 13.0. The fourth-order valence-electron chi connectivity index (χ4n) is 2.14. The van der Waals surface area contributed by atoms with E-state index in [4.69, 9.17) is 11.6 Å². The minimum absolute atomic E-state index is 0.323. The van der Waals surface area contributed by atoms with Crippen LogP contribution < -0.4 is 4.90 Å². The van der Waals surface area contributed by atoms with Gasteiger partial charge < -0.3 is 4.90 Å². The molecule has 0 saturated heterocycles. The first-order valence-electron chi connectivity index (χ1n) is 6.96. The van der Waals surface area contributed by atoms with Gasteiger partial charge in [0.1, 0.15) is 11.6 Å². The largest absolute Gasteiger partial charge is 0.361 e. The van der Waals surface area contributed by atoms with Crippen molar-refractivity contribution in [3.63, 3.8) is 0 Å². The Bertz CT molecular complexity index is 859. The first-order chi connectivity index (χ1) is 11.0. The van der Waals surface area contributed by atoms with E-state index in [9.17, 15) is 4.39 Å². The quantitative estimate of drug-likeness (QED) is 0.737. The Kier molecular flexibility index (Phi) is 4.00. The minimum atomic E-state index is -0.323. The van der Waals surface area contributed by atoms with Gasteiger partial charge in [0.25, 0.3) is 0 Å². The Morgan fingerprint density at radius 1 is 1.17 bits per heavy atom. The first kappa shape index (κ1) is 15.4. The van der Waals surface area contributed by atoms with Crippen LogP contribution in [0.25, 0.3) is 16.9 Å². The van der Waals surface area contributed by atoms with Gasteiger partial charge in [-0.1, -0.05) is 11.6 Å². The van der Waals surface area contributed by atoms with Crippen molar-refractivity contribution in [2.45, 2.75) is 6.92 Å². The van der Waals surface area contributed by atoms with Crippen molar-refractivity contribution >= 4 is 17.4 Å². The Hall–Kier alpha value is -2.47. The molecule has 0 saturated carbocycles. The predicted octanol–water partition coefficient (Wildman–Crippen LogP) is 3.50. The normalized spacial score (nSPS) is 10.8. The highest BCUT2D eigenvalue weighted by Crippen LogP contribution is 2.30. The summed E-state index contributed by atoms with van der Waals surface area (Å²) in [6.07, 6.45) is 6.76. The van der Waals surface area contributed by atoms with Crippen LogP contribution in [0.1, 0.15) is 5.56 Å². The van der Waals surface area contributed by atoms with Crippen molar-refractivity contribution in [2.24, 2.45) is 0 Å². The van der Waals surface area contributed by atoms with Gasteiger partial charge in [-0.15, -0.1) is 0 Å². The van der Waals surface area contributed by atoms with Crippen molar-refractivity contribution in [1.82, 2.24) is 19.7 Å². The molecule has 0 spiro atoms. The summed E-state index contributed by atoms with van der Waals surface area (Å²) in [6, 6.07) is 3.02. The van der Waals surface area contributed by atoms with Crippen molar-refractivity contribution in [3.8, 4) is 16.9 Å². The van der Waals surface area contributed by atoms with Crippen LogP contribution in [0.3, 0.4) is 0 Å². The van der Waals surface area contributed by atoms with Crippen molar-refractivity contribution in [2.75, 3.05) is 19.0 Å². The van der Waals surface area contributed by atoms with Crippen molar-refractivity contribution in [3.05, 3.63) is 53.3 Å². The maximum absolute atomic E-state index is 13.5. The number of hydrogen-bond acceptors (Lipinski definition) is 4. The van der Waals surface area contributed by atoms with Crippen LogP contribution in [0.5, 0.6) is 0 Å². The maximum atomic E-state index is 13.5. The van der Waals surface area contributed by atoms with Gasteiger partial charge in [0.05, 0.1) is 23.6 Å². The molecule has 0 aliphatic heterocycles. The molecule has 23 heavy (non-hydrogen) atoms. The summed E-state index contributed by atoms with van der Waals surface area (Å²) >= 11 is 6.15. The number of nitrogens with zero attached hydrogens (tertiary/aromatic N) is 5. The van der Waals surface area contributed by atoms with E-state index in [-0.39, 0.29) is 5.82 Å². The third-order valence-electron chi connectivity index (χ3n) is 3.44. The highest BCUT2D eigenvalue weighted by molar-refractivity contribution is 6.33. The molecular weight excluding hydrogens is 317 g/mol. The van der Waals surface area contributed by atoms with Gasteiger partial charge in [0.15, 0.2) is 5.82 Å². The second-order valence-electron chi connectivity index (χ2n) is 5.38. The lowest BCUT2D eigenvalue weighted by atomic mass is 10.1. The van der Waals surface area contributed by atoms with Gasteiger partial charge in [0.2, 0.25) is 0 Å². The van der Waals surface area contributed by atoms with Crippen molar-refractivity contribution < 1.29 is 4.39 Å². The van der Waals surface area contributed by atoms with E-state index in [1.54, 1.807) is 42.5 Å². The summed E-state index contributed by atoms with van der Waals surface area (Å²) in [4.78, 5) is 10.5. The second-order valence-corrected chi connectivity index (χ2v) is 5.79. The van der Waals surface area contributed by atoms with E-state index in [1.807, 2.05) is 19.0 Å². The molecule has 0 atom stereocenters. The zero-order chi connectivity index (χ0) is 16.6. The van der Waals surface area contributed by atoms with Crippen LogP contribution in [0.2, 0.25) is 5.02 Å². The zero-order valence-corrected chi connectivity index (χ0v) is 13.7. The van der Waals surface area contributed by atoms with E-state index in [2.05, 4.69) is 15.1 Å². The van der Waals surface area contributed by atoms with Crippen LogP contribution in [0.15, 0.2) is 36.9 Å². The third kappa shape index (κ3) is 3.03. The van der Waals surface area contributed by atoms with E-state index < -0.39 is 0 Å². The molecule has 0 N–H and O–H groups in total. The number of aryl methyl sites for hydroxylation is 1. The summed E-state index contributed by atoms with van der Waals surface area (Å²) in [5.41, 5.74) is 2.05. The molecule has 0 radical (unpaired) electrons. The SMILES string of the molecule is Cc1cc(-c2cnn(-c3cncc(N(C)C)n3)c2)c(Cl)cc1F. The van der Waals surface area contributed by atoms with Crippen LogP contribution in [-0.4, -0.2) is 33.8 Å². The molecule has 0 aliphatic carbocycles. The number of halogens is 2. The molecule has 0 amide bonds. The molecule has 3 aromatic rings. The fraction of sp³-hybridized carbons (Fsp3) is 0.188. The van der Waals surface area contributed by atoms with Gasteiger partial charge in [0, 0.05) is 31.4 Å². The number of aromatic nitrogens is 4. The molecule has 0 fully saturated rings. The molecule has 3 rings (SSSR count). The lowest BCUT2D eigenvalue weighted by molar-refractivity contribution is 0.619. The van der Waals surface area contributed by atoms with Crippen LogP contribution in [0, 0.1) is 12.7 Å². The topological polar surface area (TPSA) is 46.8 Å².